The summed E-state index contributed by atoms with van der Waals surface area (Å²) < 4.78 is 315. The second-order valence-electron chi connectivity index (χ2n) is 26.0. The normalized spacial score (nSPS) is 13.8. The number of fused-ring (bicyclic) bond motifs is 2. The molecule has 0 aliphatic carbocycles. The molecule has 0 spiro atoms. The second-order valence-corrected chi connectivity index (χ2v) is 37.3. The Kier molecular flexibility index (Phi) is 18.6. The van der Waals surface area contributed by atoms with Crippen LogP contribution >= 0.6 is 0 Å². The number of imide groups is 2. The Morgan fingerprint density at radius 1 is 0.198 bits per heavy atom. The lowest BCUT2D eigenvalue weighted by Gasteiger charge is -2.31. The van der Waals surface area contributed by atoms with E-state index < -0.39 is 244 Å². The minimum absolute atomic E-state index is 0.142. The summed E-state index contributed by atoms with van der Waals surface area (Å²) >= 11 is 0. The van der Waals surface area contributed by atoms with Gasteiger partial charge in [-0.05, 0) is 168 Å². The zero-order valence-corrected chi connectivity index (χ0v) is 64.5. The minimum atomic E-state index is -5.21. The molecule has 2 aliphatic heterocycles. The van der Waals surface area contributed by atoms with Crippen LogP contribution in [0.4, 0.5) is 0 Å². The molecule has 0 fully saturated rings. The van der Waals surface area contributed by atoms with E-state index in [0.29, 0.717) is 9.80 Å². The van der Waals surface area contributed by atoms with Crippen molar-refractivity contribution in [3.8, 4) is 90.5 Å². The van der Waals surface area contributed by atoms with Gasteiger partial charge in [0.15, 0.2) is 0 Å². The van der Waals surface area contributed by atoms with Gasteiger partial charge in [-0.25, -0.2) is 0 Å². The Hall–Kier alpha value is -12.1. The van der Waals surface area contributed by atoms with Crippen molar-refractivity contribution < 1.29 is 142 Å². The van der Waals surface area contributed by atoms with Crippen molar-refractivity contribution in [2.45, 2.75) is 39.2 Å². The van der Waals surface area contributed by atoms with Crippen molar-refractivity contribution in [2.75, 3.05) is 14.1 Å². The quantitative estimate of drug-likeness (QED) is 0.0152. The average Bonchev–Trinajstić information content (AvgIpc) is 0.670. The van der Waals surface area contributed by atoms with Crippen LogP contribution in [0.1, 0.15) is 41.4 Å². The van der Waals surface area contributed by atoms with Crippen molar-refractivity contribution >= 4 is 148 Å². The van der Waals surface area contributed by atoms with E-state index in [1.54, 1.807) is 0 Å². The van der Waals surface area contributed by atoms with Crippen LogP contribution in [0.25, 0.3) is 87.6 Å². The smallest absolute Gasteiger partial charge is 0.294 e. The lowest BCUT2D eigenvalue weighted by molar-refractivity contribution is 0.0635. The number of rotatable bonds is 20. The number of carbonyl (C=O) groups is 4. The number of amides is 4. The highest BCUT2D eigenvalue weighted by molar-refractivity contribution is 7.87. The molecule has 42 heteroatoms. The van der Waals surface area contributed by atoms with E-state index in [2.05, 4.69) is 0 Å². The Labute approximate surface area is 654 Å². The van der Waals surface area contributed by atoms with Crippen molar-refractivity contribution in [1.29, 1.82) is 0 Å². The standard InChI is InChI=1S/C74H46N2O32S8/c1-75-71(77)51-31-59(105-55-23-19-43(113(93,94)95)27-47(55)35-3-11-39(12-4-35)109(81,82)83)65-67-61(107-57-25-21-45(115(99,100)101)29-49(57)37-7-15-41(16-8-37)111(87,88)89)33-53-64-54(74(80)76(2)73(53)79)34-62(108-58-26-22-46(116(102,103)104)30-50(58)38-9-17-42(18-10-38)112(90,91)92)68(70(64)67)66-60(32-52(72(75)78)63(51)69(65)66)106-56-24-20-44(114(96,97)98)28-48(56)36-5-13-40(14-6-36)110(84,85)86/h3-34H,1-2H3,(H,81,82,83)(H,84,85,86)(H,87,88,89)(H,90,91,92)(H,93,94,95)(H,96,97,98)(H,99,100,101)(H,102,103,104). The first kappa shape index (κ1) is 79.2. The van der Waals surface area contributed by atoms with E-state index in [4.69, 9.17) is 18.9 Å². The molecule has 0 aromatic heterocycles. The first-order valence-electron chi connectivity index (χ1n) is 32.5. The SMILES string of the molecule is CN1C(=O)c2cc(Oc3ccc(S(=O)(=O)O)cc3-c3ccc(S(=O)(=O)O)cc3)c3c4c(Oc5ccc(S(=O)(=O)O)cc5-c5ccc(S(=O)(=O)O)cc5)cc5c6c(cc(Oc7ccc(S(=O)(=O)O)cc7-c7ccc(S(=O)(=O)O)cc7)c(c7c(Oc8ccc(S(=O)(=O)O)cc8-c8ccc(S(=O)(=O)O)cc8)cc(c2c37)C1=O)c64)C(=O)N(C)C5=O. The molecule has 116 heavy (non-hydrogen) atoms. The summed E-state index contributed by atoms with van der Waals surface area (Å²) in [5.41, 5.74) is -3.88. The molecule has 2 heterocycles. The van der Waals surface area contributed by atoms with E-state index in [1.807, 2.05) is 0 Å². The predicted octanol–water partition coefficient (Wildman–Crippen LogP) is 12.0. The van der Waals surface area contributed by atoms with Gasteiger partial charge < -0.3 is 18.9 Å². The summed E-state index contributed by atoms with van der Waals surface area (Å²) in [5, 5.41) is -3.40. The highest BCUT2D eigenvalue weighted by Crippen LogP contribution is 2.59. The molecule has 15 rings (SSSR count). The fourth-order valence-electron chi connectivity index (χ4n) is 13.7. The molecular weight excluding hydrogens is 1690 g/mol. The molecule has 34 nitrogen and oxygen atoms in total. The third-order valence-corrected chi connectivity index (χ3v) is 25.9. The van der Waals surface area contributed by atoms with Crippen molar-refractivity contribution in [3.63, 3.8) is 0 Å². The fourth-order valence-corrected chi connectivity index (χ4v) is 17.7. The monoisotopic (exact) mass is 1730 g/mol. The maximum Gasteiger partial charge on any atom is 0.294 e. The van der Waals surface area contributed by atoms with Crippen LogP contribution in [0, 0.1) is 0 Å². The highest BCUT2D eigenvalue weighted by atomic mass is 32.2. The first-order chi connectivity index (χ1) is 54.0. The van der Waals surface area contributed by atoms with E-state index in [1.165, 1.54) is 0 Å². The van der Waals surface area contributed by atoms with E-state index in [9.17, 15) is 104 Å². The van der Waals surface area contributed by atoms with Crippen LogP contribution in [-0.2, 0) is 80.9 Å². The summed E-state index contributed by atoms with van der Waals surface area (Å²) in [6, 6.07) is 30.5. The van der Waals surface area contributed by atoms with E-state index >= 15 is 19.2 Å². The summed E-state index contributed by atoms with van der Waals surface area (Å²) in [4.78, 5) is 57.0. The predicted molar refractivity (Wildman–Crippen MR) is 407 cm³/mol. The molecule has 0 bridgehead atoms. The van der Waals surface area contributed by atoms with E-state index in [0.717, 1.165) is 208 Å². The van der Waals surface area contributed by atoms with Crippen molar-refractivity contribution in [2.24, 2.45) is 0 Å². The topological polar surface area (TPSA) is 547 Å². The van der Waals surface area contributed by atoms with Gasteiger partial charge in [0.25, 0.3) is 105 Å². The van der Waals surface area contributed by atoms with Crippen LogP contribution in [0.5, 0.6) is 46.0 Å². The van der Waals surface area contributed by atoms with Gasteiger partial charge in [-0.15, -0.1) is 0 Å². The molecule has 0 radical (unpaired) electrons. The molecule has 13 aromatic carbocycles. The molecule has 592 valence electrons. The highest BCUT2D eigenvalue weighted by Gasteiger charge is 2.41. The van der Waals surface area contributed by atoms with Crippen LogP contribution in [0.15, 0.2) is 233 Å². The Bertz CT molecular complexity index is 6740. The summed E-state index contributed by atoms with van der Waals surface area (Å²) in [6.07, 6.45) is 0. The number of benzene rings is 13. The number of hydrogen-bond donors (Lipinski definition) is 8. The average molecular weight is 1730 g/mol. The number of ether oxygens (including phenoxy) is 4. The van der Waals surface area contributed by atoms with Crippen LogP contribution in [0.3, 0.4) is 0 Å². The summed E-state index contributed by atoms with van der Waals surface area (Å²) in [7, 11) is -38.6. The first-order valence-corrected chi connectivity index (χ1v) is 44.1. The maximum atomic E-state index is 15.5. The molecule has 0 saturated heterocycles. The van der Waals surface area contributed by atoms with Gasteiger partial charge in [0.05, 0.1) is 61.4 Å². The van der Waals surface area contributed by atoms with Gasteiger partial charge in [-0.2, -0.15) is 67.3 Å². The van der Waals surface area contributed by atoms with Crippen LogP contribution < -0.4 is 18.9 Å². The van der Waals surface area contributed by atoms with Gasteiger partial charge in [-0.3, -0.25) is 65.4 Å². The Morgan fingerprint density at radius 3 is 0.526 bits per heavy atom. The lowest BCUT2D eigenvalue weighted by atomic mass is 9.80. The van der Waals surface area contributed by atoms with Gasteiger partial charge in [0.1, 0.15) is 46.0 Å². The molecular formula is C74H46N2O32S8. The second kappa shape index (κ2) is 27.3. The van der Waals surface area contributed by atoms with Gasteiger partial charge in [0.2, 0.25) is 0 Å². The third kappa shape index (κ3) is 14.0. The third-order valence-electron chi connectivity index (χ3n) is 19.0. The molecule has 0 saturated carbocycles. The zero-order chi connectivity index (χ0) is 83.7. The van der Waals surface area contributed by atoms with Crippen LogP contribution in [0.2, 0.25) is 0 Å². The summed E-state index contributed by atoms with van der Waals surface area (Å²) in [5.74, 6) is -8.96. The Morgan fingerprint density at radius 2 is 0.362 bits per heavy atom. The van der Waals surface area contributed by atoms with Gasteiger partial charge >= 0.3 is 0 Å². The largest absolute Gasteiger partial charge is 0.456 e. The maximum absolute atomic E-state index is 15.5. The molecule has 13 aromatic rings. The lowest BCUT2D eigenvalue weighted by Crippen LogP contribution is -2.37. The molecule has 8 N–H and O–H groups in total. The Balaban J connectivity index is 1.18. The van der Waals surface area contributed by atoms with Gasteiger partial charge in [0, 0.05) is 79.4 Å². The van der Waals surface area contributed by atoms with Gasteiger partial charge in [-0.1, -0.05) is 48.5 Å². The number of carbonyl (C=O) groups excluding carboxylic acids is 4. The molecule has 4 amide bonds. The zero-order valence-electron chi connectivity index (χ0n) is 58.0. The fraction of sp³-hybridized carbons (Fsp3) is 0.0270. The number of nitrogens with zero attached hydrogens (tertiary/aromatic N) is 2. The minimum Gasteiger partial charge on any atom is -0.456 e. The van der Waals surface area contributed by atoms with Crippen LogP contribution in [-0.4, -0.2) is 151 Å². The number of hydrogen-bond acceptors (Lipinski definition) is 24. The molecule has 0 unspecified atom stereocenters. The van der Waals surface area contributed by atoms with E-state index in [-0.39, 0.29) is 55.3 Å². The van der Waals surface area contributed by atoms with Crippen molar-refractivity contribution in [3.05, 3.63) is 216 Å². The van der Waals surface area contributed by atoms with Crippen molar-refractivity contribution in [1.82, 2.24) is 9.80 Å². The summed E-state index contributed by atoms with van der Waals surface area (Å²) in [6.45, 7) is 0. The molecule has 0 atom stereocenters. The molecule has 2 aliphatic rings.